The second kappa shape index (κ2) is 8.72. The molecule has 2 aromatic rings. The molecule has 0 atom stereocenters. The molecule has 0 aliphatic heterocycles. The van der Waals surface area contributed by atoms with Crippen LogP contribution in [-0.2, 0) is 27.7 Å². The van der Waals surface area contributed by atoms with Crippen molar-refractivity contribution in [3.05, 3.63) is 59.2 Å². The van der Waals surface area contributed by atoms with E-state index in [0.717, 1.165) is 23.1 Å². The van der Waals surface area contributed by atoms with Crippen LogP contribution in [0.3, 0.4) is 0 Å². The van der Waals surface area contributed by atoms with E-state index >= 15 is 0 Å². The van der Waals surface area contributed by atoms with Crippen LogP contribution >= 0.6 is 0 Å². The maximum Gasteiger partial charge on any atom is 0.264 e. The first kappa shape index (κ1) is 20.3. The van der Waals surface area contributed by atoms with Crippen molar-refractivity contribution in [3.8, 4) is 5.75 Å². The summed E-state index contributed by atoms with van der Waals surface area (Å²) in [6, 6.07) is 11.8. The summed E-state index contributed by atoms with van der Waals surface area (Å²) < 4.78 is 30.8. The Morgan fingerprint density at radius 1 is 1.11 bits per heavy atom. The van der Waals surface area contributed by atoms with Gasteiger partial charge in [-0.25, -0.2) is 8.42 Å². The van der Waals surface area contributed by atoms with Gasteiger partial charge in [0.05, 0.1) is 18.6 Å². The molecule has 150 valence electrons. The van der Waals surface area contributed by atoms with Gasteiger partial charge < -0.3 is 10.1 Å². The fourth-order valence-electron chi connectivity index (χ4n) is 3.10. The smallest absolute Gasteiger partial charge is 0.264 e. The van der Waals surface area contributed by atoms with E-state index in [1.54, 1.807) is 0 Å². The lowest BCUT2D eigenvalue weighted by Crippen LogP contribution is -2.28. The number of nitrogens with zero attached hydrogens (tertiary/aromatic N) is 1. The van der Waals surface area contributed by atoms with E-state index < -0.39 is 10.0 Å². The van der Waals surface area contributed by atoms with Crippen LogP contribution in [0.15, 0.2) is 47.4 Å². The molecular weight excluding hydrogens is 380 g/mol. The Bertz CT molecular complexity index is 942. The SMILES string of the molecule is CON(C)S(=O)(=O)c1ccc(C(=O)NCCOc2ccc3c(c2)CCC3)cc1. The van der Waals surface area contributed by atoms with E-state index in [2.05, 4.69) is 17.4 Å². The van der Waals surface area contributed by atoms with Crippen molar-refractivity contribution < 1.29 is 22.8 Å². The second-order valence-electron chi connectivity index (χ2n) is 6.51. The Morgan fingerprint density at radius 2 is 1.82 bits per heavy atom. The van der Waals surface area contributed by atoms with E-state index in [0.29, 0.717) is 18.7 Å². The minimum absolute atomic E-state index is 0.0494. The molecule has 1 aliphatic carbocycles. The van der Waals surface area contributed by atoms with Gasteiger partial charge in [0.1, 0.15) is 12.4 Å². The highest BCUT2D eigenvalue weighted by atomic mass is 32.2. The zero-order valence-corrected chi connectivity index (χ0v) is 16.8. The molecule has 0 saturated heterocycles. The molecule has 0 heterocycles. The Balaban J connectivity index is 1.50. The van der Waals surface area contributed by atoms with Crippen LogP contribution in [0.2, 0.25) is 0 Å². The van der Waals surface area contributed by atoms with Crippen LogP contribution in [0, 0.1) is 0 Å². The molecule has 1 amide bonds. The van der Waals surface area contributed by atoms with Gasteiger partial charge in [-0.3, -0.25) is 9.63 Å². The summed E-state index contributed by atoms with van der Waals surface area (Å²) in [4.78, 5) is 17.0. The lowest BCUT2D eigenvalue weighted by molar-refractivity contribution is -0.0258. The normalized spacial score (nSPS) is 13.4. The number of carbonyl (C=O) groups excluding carboxylic acids is 1. The zero-order chi connectivity index (χ0) is 20.1. The molecule has 28 heavy (non-hydrogen) atoms. The number of hydroxylamine groups is 1. The largest absolute Gasteiger partial charge is 0.492 e. The van der Waals surface area contributed by atoms with Gasteiger partial charge in [-0.2, -0.15) is 0 Å². The molecule has 7 nitrogen and oxygen atoms in total. The third-order valence-electron chi connectivity index (χ3n) is 4.74. The lowest BCUT2D eigenvalue weighted by Gasteiger charge is -2.14. The number of aryl methyl sites for hydroxylation is 2. The van der Waals surface area contributed by atoms with Crippen LogP contribution < -0.4 is 10.1 Å². The van der Waals surface area contributed by atoms with Crippen molar-refractivity contribution in [2.75, 3.05) is 27.3 Å². The summed E-state index contributed by atoms with van der Waals surface area (Å²) in [5.74, 6) is 0.522. The van der Waals surface area contributed by atoms with Crippen molar-refractivity contribution in [1.29, 1.82) is 0 Å². The maximum absolute atomic E-state index is 12.2. The first-order chi connectivity index (χ1) is 13.4. The number of fused-ring (bicyclic) bond motifs is 1. The zero-order valence-electron chi connectivity index (χ0n) is 16.0. The van der Waals surface area contributed by atoms with Crippen molar-refractivity contribution in [2.24, 2.45) is 0 Å². The van der Waals surface area contributed by atoms with Crippen LogP contribution in [0.25, 0.3) is 0 Å². The fourth-order valence-corrected chi connectivity index (χ4v) is 4.07. The third kappa shape index (κ3) is 4.52. The maximum atomic E-state index is 12.2. The van der Waals surface area contributed by atoms with Gasteiger partial charge in [0.15, 0.2) is 0 Å². The molecule has 1 aliphatic rings. The van der Waals surface area contributed by atoms with Crippen molar-refractivity contribution in [2.45, 2.75) is 24.2 Å². The summed E-state index contributed by atoms with van der Waals surface area (Å²) >= 11 is 0. The first-order valence-electron chi connectivity index (χ1n) is 9.08. The van der Waals surface area contributed by atoms with Crippen molar-refractivity contribution >= 4 is 15.9 Å². The summed E-state index contributed by atoms with van der Waals surface area (Å²) in [5.41, 5.74) is 3.11. The molecule has 0 saturated carbocycles. The van der Waals surface area contributed by atoms with Crippen LogP contribution in [0.1, 0.15) is 27.9 Å². The Kier molecular flexibility index (Phi) is 6.33. The molecule has 8 heteroatoms. The molecule has 0 fully saturated rings. The Morgan fingerprint density at radius 3 is 2.54 bits per heavy atom. The van der Waals surface area contributed by atoms with Gasteiger partial charge in [0, 0.05) is 12.6 Å². The van der Waals surface area contributed by atoms with Crippen molar-refractivity contribution in [1.82, 2.24) is 9.79 Å². The van der Waals surface area contributed by atoms with E-state index in [4.69, 9.17) is 9.57 Å². The minimum atomic E-state index is -3.73. The van der Waals surface area contributed by atoms with E-state index in [9.17, 15) is 13.2 Å². The second-order valence-corrected chi connectivity index (χ2v) is 8.45. The third-order valence-corrected chi connectivity index (χ3v) is 6.43. The topological polar surface area (TPSA) is 84.9 Å². The highest BCUT2D eigenvalue weighted by Crippen LogP contribution is 2.25. The average Bonchev–Trinajstić information content (AvgIpc) is 3.18. The number of rotatable bonds is 8. The van der Waals surface area contributed by atoms with Gasteiger partial charge in [0.2, 0.25) is 0 Å². The summed E-state index contributed by atoms with van der Waals surface area (Å²) in [5, 5.41) is 2.77. The number of ether oxygens (including phenoxy) is 1. The Labute approximate surface area is 165 Å². The summed E-state index contributed by atoms with van der Waals surface area (Å²) in [6.45, 7) is 0.706. The number of hydrogen-bond acceptors (Lipinski definition) is 5. The van der Waals surface area contributed by atoms with Crippen LogP contribution in [0.5, 0.6) is 5.75 Å². The molecule has 0 aromatic heterocycles. The average molecular weight is 404 g/mol. The van der Waals surface area contributed by atoms with Gasteiger partial charge in [-0.15, -0.1) is 0 Å². The van der Waals surface area contributed by atoms with Gasteiger partial charge in [0.25, 0.3) is 15.9 Å². The number of amides is 1. The molecular formula is C20H24N2O5S. The molecule has 0 radical (unpaired) electrons. The highest BCUT2D eigenvalue weighted by molar-refractivity contribution is 7.89. The van der Waals surface area contributed by atoms with Crippen LogP contribution in [0.4, 0.5) is 0 Å². The highest BCUT2D eigenvalue weighted by Gasteiger charge is 2.21. The van der Waals surface area contributed by atoms with E-state index in [1.165, 1.54) is 56.0 Å². The molecule has 3 rings (SSSR count). The quantitative estimate of drug-likeness (QED) is 0.538. The predicted octanol–water partition coefficient (Wildman–Crippen LogP) is 2.17. The number of hydrogen-bond donors (Lipinski definition) is 1. The fraction of sp³-hybridized carbons (Fsp3) is 0.350. The molecule has 0 bridgehead atoms. The standard InChI is InChI=1S/C20H24N2O5S/c1-22(26-2)28(24,25)19-10-7-16(8-11-19)20(23)21-12-13-27-18-9-6-15-4-3-5-17(15)14-18/h6-11,14H,3-5,12-13H2,1-2H3,(H,21,23). The summed E-state index contributed by atoms with van der Waals surface area (Å²) in [6.07, 6.45) is 3.42. The predicted molar refractivity (Wildman–Crippen MR) is 105 cm³/mol. The van der Waals surface area contributed by atoms with Crippen LogP contribution in [-0.4, -0.2) is 46.1 Å². The van der Waals surface area contributed by atoms with E-state index in [-0.39, 0.29) is 10.8 Å². The molecule has 0 unspecified atom stereocenters. The number of benzene rings is 2. The molecule has 1 N–H and O–H groups in total. The minimum Gasteiger partial charge on any atom is -0.492 e. The van der Waals surface area contributed by atoms with Gasteiger partial charge in [-0.1, -0.05) is 10.5 Å². The molecule has 0 spiro atoms. The van der Waals surface area contributed by atoms with Crippen molar-refractivity contribution in [3.63, 3.8) is 0 Å². The monoisotopic (exact) mass is 404 g/mol. The van der Waals surface area contributed by atoms with E-state index in [1.807, 2.05) is 6.07 Å². The van der Waals surface area contributed by atoms with Gasteiger partial charge >= 0.3 is 0 Å². The summed E-state index contributed by atoms with van der Waals surface area (Å²) in [7, 11) is -1.16. The molecule has 2 aromatic carbocycles. The number of nitrogens with one attached hydrogen (secondary N) is 1. The van der Waals surface area contributed by atoms with Gasteiger partial charge in [-0.05, 0) is 66.8 Å². The Hall–Kier alpha value is -2.42. The first-order valence-corrected chi connectivity index (χ1v) is 10.5. The lowest BCUT2D eigenvalue weighted by atomic mass is 10.1. The number of carbonyl (C=O) groups is 1. The number of sulfonamides is 1.